The number of fused-ring (bicyclic) bond motifs is 1. The number of ether oxygens (including phenoxy) is 1. The van der Waals surface area contributed by atoms with E-state index in [1.807, 2.05) is 22.6 Å². The highest BCUT2D eigenvalue weighted by molar-refractivity contribution is 9.10. The first-order chi connectivity index (χ1) is 9.19. The van der Waals surface area contributed by atoms with E-state index in [4.69, 9.17) is 16.3 Å². The number of pyridine rings is 2. The normalized spacial score (nSPS) is 10.9. The van der Waals surface area contributed by atoms with E-state index in [9.17, 15) is 0 Å². The van der Waals surface area contributed by atoms with Gasteiger partial charge in [-0.25, -0.2) is 9.97 Å². The lowest BCUT2D eigenvalue weighted by atomic mass is 10.3. The average molecular weight is 339 g/mol. The molecule has 0 saturated carbocycles. The predicted molar refractivity (Wildman–Crippen MR) is 77.7 cm³/mol. The Bertz CT molecular complexity index is 757. The Hall–Kier alpha value is -1.59. The molecule has 96 valence electrons. The number of hydrogen-bond donors (Lipinski definition) is 0. The summed E-state index contributed by atoms with van der Waals surface area (Å²) >= 11 is 9.51. The second-order valence-electron chi connectivity index (χ2n) is 3.91. The van der Waals surface area contributed by atoms with E-state index >= 15 is 0 Å². The molecule has 0 atom stereocenters. The maximum absolute atomic E-state index is 6.15. The lowest BCUT2D eigenvalue weighted by molar-refractivity contribution is 0.415. The van der Waals surface area contributed by atoms with Crippen LogP contribution in [0.1, 0.15) is 0 Å². The molecule has 0 aliphatic heterocycles. The third-order valence-electron chi connectivity index (χ3n) is 2.76. The van der Waals surface area contributed by atoms with Crippen LogP contribution in [0.2, 0.25) is 5.02 Å². The van der Waals surface area contributed by atoms with Gasteiger partial charge in [0.1, 0.15) is 16.0 Å². The minimum Gasteiger partial charge on any atom is -0.495 e. The van der Waals surface area contributed by atoms with Crippen LogP contribution in [0.5, 0.6) is 5.75 Å². The number of methoxy groups -OCH3 is 1. The van der Waals surface area contributed by atoms with Gasteiger partial charge in [0.25, 0.3) is 0 Å². The zero-order valence-corrected chi connectivity index (χ0v) is 12.3. The molecule has 0 radical (unpaired) electrons. The second kappa shape index (κ2) is 4.83. The van der Waals surface area contributed by atoms with Crippen LogP contribution in [0.15, 0.2) is 41.3 Å². The Kier molecular flexibility index (Phi) is 3.16. The fraction of sp³-hybridized carbons (Fsp3) is 0.0769. The molecule has 3 rings (SSSR count). The van der Waals surface area contributed by atoms with E-state index in [0.717, 1.165) is 21.6 Å². The summed E-state index contributed by atoms with van der Waals surface area (Å²) in [6.45, 7) is 0. The zero-order valence-electron chi connectivity index (χ0n) is 9.97. The summed E-state index contributed by atoms with van der Waals surface area (Å²) in [5.74, 6) is 0.605. The van der Waals surface area contributed by atoms with Gasteiger partial charge in [-0.2, -0.15) is 0 Å². The maximum atomic E-state index is 6.15. The van der Waals surface area contributed by atoms with Crippen molar-refractivity contribution >= 4 is 33.2 Å². The second-order valence-corrected chi connectivity index (χ2v) is 5.13. The summed E-state index contributed by atoms with van der Waals surface area (Å²) in [5, 5.41) is 0.532. The fourth-order valence-corrected chi connectivity index (χ4v) is 2.45. The molecule has 0 aliphatic rings. The van der Waals surface area contributed by atoms with Gasteiger partial charge in [0.15, 0.2) is 0 Å². The highest BCUT2D eigenvalue weighted by Gasteiger charge is 2.10. The summed E-state index contributed by atoms with van der Waals surface area (Å²) in [4.78, 5) is 8.76. The molecule has 0 bridgehead atoms. The van der Waals surface area contributed by atoms with Gasteiger partial charge in [-0.15, -0.1) is 0 Å². The van der Waals surface area contributed by atoms with Crippen LogP contribution in [0, 0.1) is 0 Å². The Morgan fingerprint density at radius 2 is 2.21 bits per heavy atom. The number of rotatable bonds is 2. The molecule has 0 unspecified atom stereocenters. The van der Waals surface area contributed by atoms with E-state index in [-0.39, 0.29) is 0 Å². The molecular weight excluding hydrogens is 330 g/mol. The first-order valence-electron chi connectivity index (χ1n) is 5.52. The number of aromatic nitrogens is 3. The van der Waals surface area contributed by atoms with Gasteiger partial charge >= 0.3 is 0 Å². The van der Waals surface area contributed by atoms with Crippen molar-refractivity contribution in [3.05, 3.63) is 46.3 Å². The monoisotopic (exact) mass is 337 g/mol. The van der Waals surface area contributed by atoms with Crippen LogP contribution in [-0.2, 0) is 0 Å². The Morgan fingerprint density at radius 3 is 2.95 bits per heavy atom. The van der Waals surface area contributed by atoms with Crippen molar-refractivity contribution in [3.63, 3.8) is 0 Å². The molecule has 3 aromatic heterocycles. The molecule has 3 heterocycles. The predicted octanol–water partition coefficient (Wildman–Crippen LogP) is 3.82. The first kappa shape index (κ1) is 12.4. The molecule has 0 amide bonds. The van der Waals surface area contributed by atoms with E-state index < -0.39 is 0 Å². The average Bonchev–Trinajstić information content (AvgIpc) is 2.80. The van der Waals surface area contributed by atoms with Crippen LogP contribution < -0.4 is 4.74 Å². The van der Waals surface area contributed by atoms with Gasteiger partial charge in [-0.05, 0) is 28.1 Å². The van der Waals surface area contributed by atoms with Gasteiger partial charge in [-0.3, -0.25) is 4.40 Å². The molecule has 3 aromatic rings. The van der Waals surface area contributed by atoms with Gasteiger partial charge in [0.05, 0.1) is 29.7 Å². The van der Waals surface area contributed by atoms with Crippen molar-refractivity contribution < 1.29 is 4.74 Å². The van der Waals surface area contributed by atoms with Gasteiger partial charge in [0, 0.05) is 12.3 Å². The van der Waals surface area contributed by atoms with Gasteiger partial charge in [-0.1, -0.05) is 17.7 Å². The summed E-state index contributed by atoms with van der Waals surface area (Å²) in [7, 11) is 1.58. The van der Waals surface area contributed by atoms with Crippen molar-refractivity contribution in [2.24, 2.45) is 0 Å². The molecule has 6 heteroatoms. The van der Waals surface area contributed by atoms with Crippen molar-refractivity contribution in [1.82, 2.24) is 14.4 Å². The van der Waals surface area contributed by atoms with Crippen molar-refractivity contribution in [1.29, 1.82) is 0 Å². The molecule has 0 aliphatic carbocycles. The fourth-order valence-electron chi connectivity index (χ4n) is 1.88. The number of halogens is 2. The third kappa shape index (κ3) is 2.19. The lowest BCUT2D eigenvalue weighted by Crippen LogP contribution is -1.93. The molecule has 19 heavy (non-hydrogen) atoms. The van der Waals surface area contributed by atoms with E-state index in [1.54, 1.807) is 25.6 Å². The Balaban J connectivity index is 2.23. The summed E-state index contributed by atoms with van der Waals surface area (Å²) in [5.41, 5.74) is 2.46. The quantitative estimate of drug-likeness (QED) is 0.667. The van der Waals surface area contributed by atoms with Crippen LogP contribution in [0.3, 0.4) is 0 Å². The Labute approximate surface area is 123 Å². The van der Waals surface area contributed by atoms with Crippen molar-refractivity contribution in [2.75, 3.05) is 7.11 Å². The smallest absolute Gasteiger partial charge is 0.142 e. The van der Waals surface area contributed by atoms with Crippen LogP contribution in [-0.4, -0.2) is 21.5 Å². The first-order valence-corrected chi connectivity index (χ1v) is 6.69. The van der Waals surface area contributed by atoms with Crippen LogP contribution >= 0.6 is 27.5 Å². The van der Waals surface area contributed by atoms with Gasteiger partial charge in [0.2, 0.25) is 0 Å². The van der Waals surface area contributed by atoms with E-state index in [0.29, 0.717) is 10.8 Å². The van der Waals surface area contributed by atoms with E-state index in [1.165, 1.54) is 0 Å². The molecule has 0 N–H and O–H groups in total. The molecule has 0 aromatic carbocycles. The minimum atomic E-state index is 0.532. The molecular formula is C13H9BrClN3O. The SMILES string of the molecule is COc1cc2ncc(-c3cccc(Br)n3)n2cc1Cl. The highest BCUT2D eigenvalue weighted by atomic mass is 79.9. The Morgan fingerprint density at radius 1 is 1.37 bits per heavy atom. The lowest BCUT2D eigenvalue weighted by Gasteiger charge is -2.06. The van der Waals surface area contributed by atoms with Gasteiger partial charge < -0.3 is 4.74 Å². The standard InChI is InChI=1S/C13H9BrClN3O/c1-19-11-5-13-16-6-10(18(13)7-8(11)15)9-3-2-4-12(14)17-9/h2-7H,1H3. The number of hydrogen-bond acceptors (Lipinski definition) is 3. The molecule has 0 fully saturated rings. The van der Waals surface area contributed by atoms with Crippen molar-refractivity contribution in [3.8, 4) is 17.1 Å². The topological polar surface area (TPSA) is 39.4 Å². The number of nitrogens with zero attached hydrogens (tertiary/aromatic N) is 3. The third-order valence-corrected chi connectivity index (χ3v) is 3.49. The molecule has 4 nitrogen and oxygen atoms in total. The van der Waals surface area contributed by atoms with E-state index in [2.05, 4.69) is 25.9 Å². The number of imidazole rings is 1. The minimum absolute atomic E-state index is 0.532. The maximum Gasteiger partial charge on any atom is 0.142 e. The summed E-state index contributed by atoms with van der Waals surface area (Å²) < 4.78 is 7.84. The van der Waals surface area contributed by atoms with Crippen LogP contribution in [0.25, 0.3) is 17.0 Å². The highest BCUT2D eigenvalue weighted by Crippen LogP contribution is 2.28. The van der Waals surface area contributed by atoms with Crippen LogP contribution in [0.4, 0.5) is 0 Å². The summed E-state index contributed by atoms with van der Waals surface area (Å²) in [6, 6.07) is 7.52. The molecule has 0 saturated heterocycles. The molecule has 0 spiro atoms. The largest absolute Gasteiger partial charge is 0.495 e. The summed E-state index contributed by atoms with van der Waals surface area (Å²) in [6.07, 6.45) is 3.54. The zero-order chi connectivity index (χ0) is 13.4. The van der Waals surface area contributed by atoms with Crippen molar-refractivity contribution in [2.45, 2.75) is 0 Å².